The van der Waals surface area contributed by atoms with Crippen molar-refractivity contribution in [2.24, 2.45) is 0 Å². The Morgan fingerprint density at radius 1 is 1.39 bits per heavy atom. The number of hydrogen-bond donors (Lipinski definition) is 1. The number of nitrogens with zero attached hydrogens (tertiary/aromatic N) is 1. The number of H-pyrrole nitrogens is 1. The lowest BCUT2D eigenvalue weighted by Gasteiger charge is -2.09. The van der Waals surface area contributed by atoms with Gasteiger partial charge in [0.15, 0.2) is 9.84 Å². The molecule has 0 bridgehead atoms. The second-order valence-electron chi connectivity index (χ2n) is 4.52. The van der Waals surface area contributed by atoms with Crippen LogP contribution in [0.3, 0.4) is 0 Å². The Morgan fingerprint density at radius 2 is 2.17 bits per heavy atom. The van der Waals surface area contributed by atoms with Crippen molar-refractivity contribution >= 4 is 20.9 Å². The van der Waals surface area contributed by atoms with Gasteiger partial charge in [0, 0.05) is 0 Å². The molecule has 1 aliphatic rings. The van der Waals surface area contributed by atoms with Crippen molar-refractivity contribution < 1.29 is 12.8 Å². The van der Waals surface area contributed by atoms with Crippen LogP contribution in [0, 0.1) is 5.82 Å². The number of benzene rings is 1. The molecule has 1 aliphatic heterocycles. The molecular weight excluding hydrogens is 259 g/mol. The van der Waals surface area contributed by atoms with E-state index in [1.54, 1.807) is 0 Å². The summed E-state index contributed by atoms with van der Waals surface area (Å²) in [5.41, 5.74) is 0.547. The predicted molar refractivity (Wildman–Crippen MR) is 64.8 cm³/mol. The molecule has 0 spiro atoms. The Hall–Kier alpha value is -1.63. The maximum absolute atomic E-state index is 13.1. The van der Waals surface area contributed by atoms with Gasteiger partial charge < -0.3 is 4.98 Å². The molecule has 1 saturated heterocycles. The number of nitrogens with one attached hydrogen (secondary N) is 1. The maximum Gasteiger partial charge on any atom is 0.326 e. The number of halogens is 1. The van der Waals surface area contributed by atoms with Crippen molar-refractivity contribution in [2.75, 3.05) is 11.5 Å². The summed E-state index contributed by atoms with van der Waals surface area (Å²) >= 11 is 0. The van der Waals surface area contributed by atoms with Crippen LogP contribution in [0.2, 0.25) is 0 Å². The summed E-state index contributed by atoms with van der Waals surface area (Å²) in [6, 6.07) is 3.63. The van der Waals surface area contributed by atoms with E-state index in [0.717, 1.165) is 0 Å². The summed E-state index contributed by atoms with van der Waals surface area (Å²) in [6.45, 7) is 0. The van der Waals surface area contributed by atoms with Crippen molar-refractivity contribution in [1.29, 1.82) is 0 Å². The molecule has 0 saturated carbocycles. The third-order valence-electron chi connectivity index (χ3n) is 3.25. The van der Waals surface area contributed by atoms with E-state index < -0.39 is 21.3 Å². The first-order valence-electron chi connectivity index (χ1n) is 5.56. The van der Waals surface area contributed by atoms with Gasteiger partial charge in [-0.05, 0) is 24.6 Å². The average Bonchev–Trinajstić information content (AvgIpc) is 2.77. The summed E-state index contributed by atoms with van der Waals surface area (Å²) in [5.74, 6) is -0.371. The molecule has 3 rings (SSSR count). The first-order chi connectivity index (χ1) is 8.46. The molecular formula is C11H11FN2O3S. The zero-order valence-electron chi connectivity index (χ0n) is 9.39. The highest BCUT2D eigenvalue weighted by Crippen LogP contribution is 2.25. The SMILES string of the molecule is O=c1[nH]c2cc(F)ccc2n1C1CCS(=O)(=O)C1. The minimum Gasteiger partial charge on any atom is -0.305 e. The zero-order chi connectivity index (χ0) is 12.9. The summed E-state index contributed by atoms with van der Waals surface area (Å²) in [7, 11) is -3.06. The van der Waals surface area contributed by atoms with Crippen LogP contribution in [-0.2, 0) is 9.84 Å². The number of imidazole rings is 1. The third kappa shape index (κ3) is 1.74. The molecule has 1 aromatic carbocycles. The van der Waals surface area contributed by atoms with Crippen LogP contribution in [0.5, 0.6) is 0 Å². The average molecular weight is 270 g/mol. The Bertz CT molecular complexity index is 775. The van der Waals surface area contributed by atoms with E-state index >= 15 is 0 Å². The number of rotatable bonds is 1. The fourth-order valence-corrected chi connectivity index (χ4v) is 4.14. The molecule has 1 aromatic heterocycles. The first kappa shape index (κ1) is 11.5. The predicted octanol–water partition coefficient (Wildman–Crippen LogP) is 0.828. The van der Waals surface area contributed by atoms with Gasteiger partial charge in [-0.1, -0.05) is 0 Å². The van der Waals surface area contributed by atoms with Crippen LogP contribution in [-0.4, -0.2) is 29.5 Å². The van der Waals surface area contributed by atoms with Crippen LogP contribution in [0.1, 0.15) is 12.5 Å². The zero-order valence-corrected chi connectivity index (χ0v) is 10.2. The second kappa shape index (κ2) is 3.68. The van der Waals surface area contributed by atoms with E-state index in [-0.39, 0.29) is 17.5 Å². The molecule has 1 atom stereocenters. The molecule has 2 heterocycles. The maximum atomic E-state index is 13.1. The van der Waals surface area contributed by atoms with E-state index in [9.17, 15) is 17.6 Å². The van der Waals surface area contributed by atoms with Gasteiger partial charge in [0.1, 0.15) is 5.82 Å². The highest BCUT2D eigenvalue weighted by molar-refractivity contribution is 7.91. The molecule has 1 fully saturated rings. The Labute approximate surface area is 102 Å². The van der Waals surface area contributed by atoms with E-state index in [0.29, 0.717) is 17.5 Å². The lowest BCUT2D eigenvalue weighted by molar-refractivity contribution is 0.554. The molecule has 0 radical (unpaired) electrons. The van der Waals surface area contributed by atoms with E-state index in [1.165, 1.54) is 22.8 Å². The molecule has 1 unspecified atom stereocenters. The lowest BCUT2D eigenvalue weighted by atomic mass is 10.2. The van der Waals surface area contributed by atoms with Gasteiger partial charge in [-0.25, -0.2) is 17.6 Å². The van der Waals surface area contributed by atoms with E-state index in [4.69, 9.17) is 0 Å². The van der Waals surface area contributed by atoms with Gasteiger partial charge in [-0.15, -0.1) is 0 Å². The normalized spacial score (nSPS) is 22.6. The fraction of sp³-hybridized carbons (Fsp3) is 0.364. The molecule has 96 valence electrons. The number of hydrogen-bond acceptors (Lipinski definition) is 3. The molecule has 0 amide bonds. The quantitative estimate of drug-likeness (QED) is 0.834. The van der Waals surface area contributed by atoms with Crippen LogP contribution < -0.4 is 5.69 Å². The summed E-state index contributed by atoms with van der Waals surface area (Å²) in [4.78, 5) is 14.4. The van der Waals surface area contributed by atoms with Crippen molar-refractivity contribution in [3.8, 4) is 0 Å². The van der Waals surface area contributed by atoms with Gasteiger partial charge in [-0.3, -0.25) is 4.57 Å². The molecule has 18 heavy (non-hydrogen) atoms. The summed E-state index contributed by atoms with van der Waals surface area (Å²) < 4.78 is 37.4. The van der Waals surface area contributed by atoms with E-state index in [1.807, 2.05) is 0 Å². The van der Waals surface area contributed by atoms with Crippen molar-refractivity contribution in [3.63, 3.8) is 0 Å². The van der Waals surface area contributed by atoms with Crippen molar-refractivity contribution in [2.45, 2.75) is 12.5 Å². The van der Waals surface area contributed by atoms with Crippen LogP contribution >= 0.6 is 0 Å². The fourth-order valence-electron chi connectivity index (χ4n) is 2.44. The lowest BCUT2D eigenvalue weighted by Crippen LogP contribution is -2.23. The summed E-state index contributed by atoms with van der Waals surface area (Å²) in [6.07, 6.45) is 0.423. The van der Waals surface area contributed by atoms with Crippen LogP contribution in [0.4, 0.5) is 4.39 Å². The van der Waals surface area contributed by atoms with E-state index in [2.05, 4.69) is 4.98 Å². The first-order valence-corrected chi connectivity index (χ1v) is 7.39. The van der Waals surface area contributed by atoms with Crippen molar-refractivity contribution in [3.05, 3.63) is 34.5 Å². The highest BCUT2D eigenvalue weighted by atomic mass is 32.2. The van der Waals surface area contributed by atoms with Crippen LogP contribution in [0.25, 0.3) is 11.0 Å². The number of aromatic nitrogens is 2. The third-order valence-corrected chi connectivity index (χ3v) is 5.00. The van der Waals surface area contributed by atoms with Gasteiger partial charge in [0.2, 0.25) is 0 Å². The van der Waals surface area contributed by atoms with Gasteiger partial charge >= 0.3 is 5.69 Å². The Kier molecular flexibility index (Phi) is 2.34. The minimum absolute atomic E-state index is 0.0305. The second-order valence-corrected chi connectivity index (χ2v) is 6.75. The molecule has 1 N–H and O–H groups in total. The molecule has 0 aliphatic carbocycles. The van der Waals surface area contributed by atoms with Crippen molar-refractivity contribution in [1.82, 2.24) is 9.55 Å². The monoisotopic (exact) mass is 270 g/mol. The number of sulfone groups is 1. The van der Waals surface area contributed by atoms with Gasteiger partial charge in [0.05, 0.1) is 28.6 Å². The topological polar surface area (TPSA) is 71.9 Å². The number of aromatic amines is 1. The standard InChI is InChI=1S/C11H11FN2O3S/c12-7-1-2-10-9(5-7)13-11(15)14(10)8-3-4-18(16,17)6-8/h1-2,5,8H,3-4,6H2,(H,13,15). The number of fused-ring (bicyclic) bond motifs is 1. The summed E-state index contributed by atoms with van der Waals surface area (Å²) in [5, 5.41) is 0. The smallest absolute Gasteiger partial charge is 0.305 e. The van der Waals surface area contributed by atoms with Gasteiger partial charge in [-0.2, -0.15) is 0 Å². The Morgan fingerprint density at radius 3 is 2.83 bits per heavy atom. The minimum atomic E-state index is -3.06. The molecule has 2 aromatic rings. The van der Waals surface area contributed by atoms with Crippen LogP contribution in [0.15, 0.2) is 23.0 Å². The van der Waals surface area contributed by atoms with Gasteiger partial charge in [0.25, 0.3) is 0 Å². The Balaban J connectivity index is 2.18. The molecule has 5 nitrogen and oxygen atoms in total. The highest BCUT2D eigenvalue weighted by Gasteiger charge is 2.31. The largest absolute Gasteiger partial charge is 0.326 e. The molecule has 7 heteroatoms.